The number of alkyl halides is 2. The van der Waals surface area contributed by atoms with Gasteiger partial charge in [0.1, 0.15) is 23.1 Å². The van der Waals surface area contributed by atoms with E-state index in [1.165, 1.54) is 19.9 Å². The highest BCUT2D eigenvalue weighted by Gasteiger charge is 2.35. The molecular formula is C32H27ClF5N5O3. The number of anilines is 1. The maximum Gasteiger partial charge on any atom is 0.331 e. The number of nitrogens with two attached hydrogens (primary N) is 2. The Balaban J connectivity index is 1.85. The summed E-state index contributed by atoms with van der Waals surface area (Å²) in [6, 6.07) is 13.3. The fraction of sp³-hybridized carbons (Fsp3) is 0.188. The van der Waals surface area contributed by atoms with Crippen molar-refractivity contribution in [3.8, 4) is 17.0 Å². The molecule has 46 heavy (non-hydrogen) atoms. The third kappa shape index (κ3) is 7.09. The van der Waals surface area contributed by atoms with E-state index in [0.29, 0.717) is 11.6 Å². The molecule has 0 aliphatic rings. The topological polar surface area (TPSA) is 144 Å². The summed E-state index contributed by atoms with van der Waals surface area (Å²) in [4.78, 5) is 33.0. The molecule has 1 unspecified atom stereocenters. The SMILES string of the molecule is CC(C)(C(N)=O)c1cc(C(CNC(=O)c2cc(O)c(N)c(/C=N/C(F)F)c2)c2ccccc2)nc(-c2cc(Cl)c(F)cc2F)c1F. The number of aliphatic imine (C=N–C) groups is 1. The molecule has 240 valence electrons. The summed E-state index contributed by atoms with van der Waals surface area (Å²) in [7, 11) is 0. The number of carbonyl (C=O) groups is 2. The molecule has 2 amide bonds. The van der Waals surface area contributed by atoms with Gasteiger partial charge in [-0.05, 0) is 43.7 Å². The van der Waals surface area contributed by atoms with Crippen molar-refractivity contribution < 1.29 is 36.6 Å². The number of nitrogen functional groups attached to an aromatic ring is 1. The third-order valence-electron chi connectivity index (χ3n) is 7.34. The van der Waals surface area contributed by atoms with Gasteiger partial charge in [-0.3, -0.25) is 9.59 Å². The average Bonchev–Trinajstić information content (AvgIpc) is 3.00. The fourth-order valence-electron chi connectivity index (χ4n) is 4.61. The number of phenols is 1. The largest absolute Gasteiger partial charge is 0.506 e. The van der Waals surface area contributed by atoms with Crippen molar-refractivity contribution >= 4 is 35.3 Å². The van der Waals surface area contributed by atoms with E-state index >= 15 is 8.78 Å². The Hall–Kier alpha value is -5.04. The zero-order chi connectivity index (χ0) is 33.9. The molecule has 0 fully saturated rings. The summed E-state index contributed by atoms with van der Waals surface area (Å²) in [5.41, 5.74) is 8.44. The normalized spacial score (nSPS) is 12.5. The van der Waals surface area contributed by atoms with E-state index in [0.717, 1.165) is 24.4 Å². The molecule has 0 aliphatic heterocycles. The number of primary amides is 1. The molecule has 1 atom stereocenters. The number of phenolic OH excluding ortho intramolecular Hbond substituents is 1. The number of carbonyl (C=O) groups excluding carboxylic acids is 2. The van der Waals surface area contributed by atoms with Crippen LogP contribution in [-0.2, 0) is 10.2 Å². The molecule has 0 aliphatic carbocycles. The van der Waals surface area contributed by atoms with E-state index in [4.69, 9.17) is 23.1 Å². The molecule has 0 radical (unpaired) electrons. The third-order valence-corrected chi connectivity index (χ3v) is 7.63. The van der Waals surface area contributed by atoms with Crippen molar-refractivity contribution in [1.29, 1.82) is 0 Å². The van der Waals surface area contributed by atoms with Gasteiger partial charge in [0, 0.05) is 47.0 Å². The number of aromatic hydroxyl groups is 1. The summed E-state index contributed by atoms with van der Waals surface area (Å²) in [5, 5.41) is 12.4. The van der Waals surface area contributed by atoms with Crippen LogP contribution in [0.15, 0.2) is 65.7 Å². The van der Waals surface area contributed by atoms with Crippen LogP contribution in [0.5, 0.6) is 5.75 Å². The fourth-order valence-corrected chi connectivity index (χ4v) is 4.77. The van der Waals surface area contributed by atoms with E-state index in [1.54, 1.807) is 30.3 Å². The summed E-state index contributed by atoms with van der Waals surface area (Å²) >= 11 is 5.89. The molecule has 0 spiro atoms. The monoisotopic (exact) mass is 659 g/mol. The molecule has 4 aromatic rings. The van der Waals surface area contributed by atoms with Crippen molar-refractivity contribution in [2.45, 2.75) is 31.7 Å². The van der Waals surface area contributed by atoms with Crippen LogP contribution >= 0.6 is 11.6 Å². The highest BCUT2D eigenvalue weighted by atomic mass is 35.5. The number of hydrogen-bond acceptors (Lipinski definition) is 6. The molecule has 0 saturated carbocycles. The van der Waals surface area contributed by atoms with E-state index in [-0.39, 0.29) is 34.6 Å². The Bertz CT molecular complexity index is 1840. The number of nitrogens with one attached hydrogen (secondary N) is 1. The number of aromatic nitrogens is 1. The molecule has 0 saturated heterocycles. The number of hydrogen-bond donors (Lipinski definition) is 4. The number of amides is 2. The van der Waals surface area contributed by atoms with Gasteiger partial charge in [-0.1, -0.05) is 41.9 Å². The smallest absolute Gasteiger partial charge is 0.331 e. The van der Waals surface area contributed by atoms with Gasteiger partial charge >= 0.3 is 6.55 Å². The average molecular weight is 660 g/mol. The second-order valence-corrected chi connectivity index (χ2v) is 11.1. The van der Waals surface area contributed by atoms with Crippen molar-refractivity contribution in [1.82, 2.24) is 10.3 Å². The minimum absolute atomic E-state index is 0.0666. The Morgan fingerprint density at radius 3 is 2.37 bits per heavy atom. The van der Waals surface area contributed by atoms with Gasteiger partial charge in [0.2, 0.25) is 5.91 Å². The van der Waals surface area contributed by atoms with Gasteiger partial charge in [-0.2, -0.15) is 8.78 Å². The molecule has 14 heteroatoms. The molecule has 0 bridgehead atoms. The molecule has 3 aromatic carbocycles. The number of pyridine rings is 1. The quantitative estimate of drug-likeness (QED) is 0.0408. The van der Waals surface area contributed by atoms with E-state index in [9.17, 15) is 27.9 Å². The van der Waals surface area contributed by atoms with Crippen LogP contribution in [0.25, 0.3) is 11.3 Å². The first kappa shape index (κ1) is 33.8. The lowest BCUT2D eigenvalue weighted by Crippen LogP contribution is -2.37. The van der Waals surface area contributed by atoms with Crippen molar-refractivity contribution in [2.75, 3.05) is 12.3 Å². The lowest BCUT2D eigenvalue weighted by molar-refractivity contribution is -0.122. The van der Waals surface area contributed by atoms with Crippen LogP contribution in [0, 0.1) is 17.5 Å². The van der Waals surface area contributed by atoms with Gasteiger partial charge in [0.05, 0.1) is 21.8 Å². The maximum absolute atomic E-state index is 16.1. The molecular weight excluding hydrogens is 633 g/mol. The summed E-state index contributed by atoms with van der Waals surface area (Å²) in [6.07, 6.45) is 0.718. The van der Waals surface area contributed by atoms with E-state index < -0.39 is 69.2 Å². The lowest BCUT2D eigenvalue weighted by Gasteiger charge is -2.26. The van der Waals surface area contributed by atoms with Gasteiger partial charge in [0.15, 0.2) is 5.82 Å². The van der Waals surface area contributed by atoms with E-state index in [2.05, 4.69) is 15.3 Å². The highest BCUT2D eigenvalue weighted by Crippen LogP contribution is 2.37. The van der Waals surface area contributed by atoms with E-state index in [1.807, 2.05) is 0 Å². The maximum atomic E-state index is 16.1. The first-order valence-electron chi connectivity index (χ1n) is 13.5. The number of nitrogens with zero attached hydrogens (tertiary/aromatic N) is 2. The lowest BCUT2D eigenvalue weighted by atomic mass is 9.81. The van der Waals surface area contributed by atoms with Crippen LogP contribution in [0.4, 0.5) is 27.6 Å². The molecule has 4 rings (SSSR count). The summed E-state index contributed by atoms with van der Waals surface area (Å²) in [6.45, 7) is -0.563. The Kier molecular flexibility index (Phi) is 9.95. The van der Waals surface area contributed by atoms with Crippen molar-refractivity contribution in [3.05, 3.63) is 111 Å². The zero-order valence-electron chi connectivity index (χ0n) is 24.3. The molecule has 8 nitrogen and oxygen atoms in total. The van der Waals surface area contributed by atoms with Gasteiger partial charge in [-0.25, -0.2) is 23.1 Å². The van der Waals surface area contributed by atoms with Crippen LogP contribution in [0.3, 0.4) is 0 Å². The predicted molar refractivity (Wildman–Crippen MR) is 164 cm³/mol. The summed E-state index contributed by atoms with van der Waals surface area (Å²) in [5.74, 6) is -6.45. The summed E-state index contributed by atoms with van der Waals surface area (Å²) < 4.78 is 70.4. The van der Waals surface area contributed by atoms with Gasteiger partial charge in [0.25, 0.3) is 5.91 Å². The highest BCUT2D eigenvalue weighted by molar-refractivity contribution is 6.31. The predicted octanol–water partition coefficient (Wildman–Crippen LogP) is 6.07. The number of rotatable bonds is 10. The van der Waals surface area contributed by atoms with Crippen LogP contribution in [0.2, 0.25) is 5.02 Å². The van der Waals surface area contributed by atoms with Gasteiger partial charge in [-0.15, -0.1) is 0 Å². The van der Waals surface area contributed by atoms with Crippen molar-refractivity contribution in [2.24, 2.45) is 10.7 Å². The second kappa shape index (κ2) is 13.5. The van der Waals surface area contributed by atoms with Gasteiger partial charge < -0.3 is 21.9 Å². The number of benzene rings is 3. The Morgan fingerprint density at radius 1 is 1.07 bits per heavy atom. The second-order valence-electron chi connectivity index (χ2n) is 10.7. The minimum Gasteiger partial charge on any atom is -0.506 e. The van der Waals surface area contributed by atoms with Crippen LogP contribution in [0.1, 0.15) is 52.5 Å². The van der Waals surface area contributed by atoms with Crippen LogP contribution in [-0.4, -0.2) is 41.2 Å². The standard InChI is InChI=1S/C32H27ClF5N5O3/c1-32(2,30(40)46)20-11-24(43-28(26(20)36)18-10-21(33)23(35)12-22(18)34)19(15-6-4-3-5-7-15)14-41-29(45)16-8-17(13-42-31(37)38)27(39)25(44)9-16/h3-13,19,31,44H,14,39H2,1-2H3,(H2,40,46)(H,41,45)/b42-13+. The first-order chi connectivity index (χ1) is 21.6. The molecule has 1 aromatic heterocycles. The van der Waals surface area contributed by atoms with Crippen molar-refractivity contribution in [3.63, 3.8) is 0 Å². The molecule has 1 heterocycles. The minimum atomic E-state index is -3.05. The zero-order valence-corrected chi connectivity index (χ0v) is 25.0. The van der Waals surface area contributed by atoms with Crippen LogP contribution < -0.4 is 16.8 Å². The molecule has 6 N–H and O–H groups in total. The Labute approximate surface area is 264 Å². The number of halogens is 6. The Morgan fingerprint density at radius 2 is 1.74 bits per heavy atom. The first-order valence-corrected chi connectivity index (χ1v) is 13.9.